The molecule has 1 rings (SSSR count). The molecule has 15 heavy (non-hydrogen) atoms. The van der Waals surface area contributed by atoms with Crippen molar-refractivity contribution in [3.8, 4) is 0 Å². The van der Waals surface area contributed by atoms with E-state index in [1.807, 2.05) is 26.8 Å². The van der Waals surface area contributed by atoms with Crippen LogP contribution in [0.1, 0.15) is 29.9 Å². The number of nitrogens with zero attached hydrogens (tertiary/aromatic N) is 1. The summed E-state index contributed by atoms with van der Waals surface area (Å²) in [4.78, 5) is 15.6. The molecule has 4 nitrogen and oxygen atoms in total. The van der Waals surface area contributed by atoms with Crippen molar-refractivity contribution in [1.29, 1.82) is 0 Å². The molecule has 0 aliphatic carbocycles. The minimum Gasteiger partial charge on any atom is -0.349 e. The van der Waals surface area contributed by atoms with Crippen LogP contribution in [0.4, 0.5) is 0 Å². The van der Waals surface area contributed by atoms with Crippen molar-refractivity contribution in [2.45, 2.75) is 26.3 Å². The van der Waals surface area contributed by atoms with Gasteiger partial charge in [-0.15, -0.1) is 0 Å². The van der Waals surface area contributed by atoms with E-state index in [4.69, 9.17) is 5.73 Å². The molecule has 1 aromatic rings. The fourth-order valence-corrected chi connectivity index (χ4v) is 1.06. The fourth-order valence-electron chi connectivity index (χ4n) is 1.06. The predicted molar refractivity (Wildman–Crippen MR) is 59.6 cm³/mol. The van der Waals surface area contributed by atoms with Gasteiger partial charge in [0.1, 0.15) is 5.69 Å². The standard InChI is InChI=1S/C11H17N3O/c1-8-4-5-13-9(6-8)10(15)14-7-11(2,3)12/h4-6H,7,12H2,1-3H3,(H,14,15). The van der Waals surface area contributed by atoms with Crippen LogP contribution in [0.2, 0.25) is 0 Å². The molecule has 0 bridgehead atoms. The van der Waals surface area contributed by atoms with Crippen LogP contribution in [0.25, 0.3) is 0 Å². The lowest BCUT2D eigenvalue weighted by atomic mass is 10.1. The second-order valence-electron chi connectivity index (χ2n) is 4.39. The summed E-state index contributed by atoms with van der Waals surface area (Å²) in [5.41, 5.74) is 6.80. The lowest BCUT2D eigenvalue weighted by Crippen LogP contribution is -2.45. The number of aromatic nitrogens is 1. The van der Waals surface area contributed by atoms with Gasteiger partial charge in [0.2, 0.25) is 0 Å². The Kier molecular flexibility index (Phi) is 3.42. The van der Waals surface area contributed by atoms with E-state index in [2.05, 4.69) is 10.3 Å². The van der Waals surface area contributed by atoms with Gasteiger partial charge in [-0.25, -0.2) is 0 Å². The predicted octanol–water partition coefficient (Wildman–Crippen LogP) is 0.857. The molecule has 0 atom stereocenters. The normalized spacial score (nSPS) is 11.2. The first-order valence-corrected chi connectivity index (χ1v) is 4.88. The molecule has 3 N–H and O–H groups in total. The van der Waals surface area contributed by atoms with Gasteiger partial charge < -0.3 is 11.1 Å². The Hall–Kier alpha value is -1.42. The molecular weight excluding hydrogens is 190 g/mol. The molecule has 0 aliphatic rings. The van der Waals surface area contributed by atoms with Gasteiger partial charge in [0.25, 0.3) is 5.91 Å². The number of hydrogen-bond acceptors (Lipinski definition) is 3. The maximum atomic E-state index is 11.6. The Morgan fingerprint density at radius 1 is 1.60 bits per heavy atom. The molecule has 0 fully saturated rings. The number of carbonyl (C=O) groups is 1. The highest BCUT2D eigenvalue weighted by atomic mass is 16.1. The minimum atomic E-state index is -0.403. The van der Waals surface area contributed by atoms with Gasteiger partial charge in [-0.1, -0.05) is 0 Å². The van der Waals surface area contributed by atoms with Crippen molar-refractivity contribution in [2.24, 2.45) is 5.73 Å². The van der Waals surface area contributed by atoms with Gasteiger partial charge in [0, 0.05) is 18.3 Å². The smallest absolute Gasteiger partial charge is 0.269 e. The lowest BCUT2D eigenvalue weighted by Gasteiger charge is -2.18. The van der Waals surface area contributed by atoms with Crippen LogP contribution in [0.5, 0.6) is 0 Å². The van der Waals surface area contributed by atoms with Crippen LogP contribution in [0, 0.1) is 6.92 Å². The summed E-state index contributed by atoms with van der Waals surface area (Å²) in [6.07, 6.45) is 1.62. The third kappa shape index (κ3) is 4.08. The van der Waals surface area contributed by atoms with E-state index in [0.717, 1.165) is 5.56 Å². The Morgan fingerprint density at radius 2 is 2.27 bits per heavy atom. The molecule has 0 saturated heterocycles. The number of nitrogens with two attached hydrogens (primary N) is 1. The number of rotatable bonds is 3. The third-order valence-corrected chi connectivity index (χ3v) is 1.85. The summed E-state index contributed by atoms with van der Waals surface area (Å²) in [7, 11) is 0. The average molecular weight is 207 g/mol. The van der Waals surface area contributed by atoms with Crippen molar-refractivity contribution in [3.05, 3.63) is 29.6 Å². The number of amides is 1. The summed E-state index contributed by atoms with van der Waals surface area (Å²) in [5.74, 6) is -0.183. The molecule has 0 spiro atoms. The Morgan fingerprint density at radius 3 is 2.80 bits per heavy atom. The Bertz CT molecular complexity index is 355. The zero-order chi connectivity index (χ0) is 11.5. The van der Waals surface area contributed by atoms with E-state index in [1.165, 1.54) is 0 Å². The highest BCUT2D eigenvalue weighted by Gasteiger charge is 2.13. The summed E-state index contributed by atoms with van der Waals surface area (Å²) in [6, 6.07) is 3.60. The second-order valence-corrected chi connectivity index (χ2v) is 4.39. The Labute approximate surface area is 89.9 Å². The van der Waals surface area contributed by atoms with Crippen molar-refractivity contribution in [3.63, 3.8) is 0 Å². The molecular formula is C11H17N3O. The van der Waals surface area contributed by atoms with Gasteiger partial charge in [0.05, 0.1) is 0 Å². The molecule has 82 valence electrons. The van der Waals surface area contributed by atoms with Crippen LogP contribution < -0.4 is 11.1 Å². The highest BCUT2D eigenvalue weighted by Crippen LogP contribution is 2.00. The van der Waals surface area contributed by atoms with Gasteiger partial charge in [-0.3, -0.25) is 9.78 Å². The van der Waals surface area contributed by atoms with E-state index in [0.29, 0.717) is 12.2 Å². The number of nitrogens with one attached hydrogen (secondary N) is 1. The maximum Gasteiger partial charge on any atom is 0.269 e. The molecule has 0 radical (unpaired) electrons. The van der Waals surface area contributed by atoms with E-state index >= 15 is 0 Å². The number of hydrogen-bond donors (Lipinski definition) is 2. The largest absolute Gasteiger partial charge is 0.349 e. The molecule has 1 heterocycles. The fraction of sp³-hybridized carbons (Fsp3) is 0.455. The second kappa shape index (κ2) is 4.40. The summed E-state index contributed by atoms with van der Waals surface area (Å²) in [5, 5.41) is 2.74. The first-order chi connectivity index (χ1) is 6.88. The zero-order valence-corrected chi connectivity index (χ0v) is 9.37. The summed E-state index contributed by atoms with van der Waals surface area (Å²) in [6.45, 7) is 6.07. The quantitative estimate of drug-likeness (QED) is 0.772. The highest BCUT2D eigenvalue weighted by molar-refractivity contribution is 5.92. The number of pyridine rings is 1. The molecule has 0 unspecified atom stereocenters. The molecule has 0 saturated carbocycles. The van der Waals surface area contributed by atoms with Crippen LogP contribution >= 0.6 is 0 Å². The minimum absolute atomic E-state index is 0.183. The number of carbonyl (C=O) groups excluding carboxylic acids is 1. The first-order valence-electron chi connectivity index (χ1n) is 4.88. The van der Waals surface area contributed by atoms with Crippen molar-refractivity contribution >= 4 is 5.91 Å². The van der Waals surface area contributed by atoms with E-state index in [9.17, 15) is 4.79 Å². The molecule has 0 aromatic carbocycles. The molecule has 0 aliphatic heterocycles. The molecule has 1 aromatic heterocycles. The van der Waals surface area contributed by atoms with E-state index < -0.39 is 5.54 Å². The third-order valence-electron chi connectivity index (χ3n) is 1.85. The van der Waals surface area contributed by atoms with Gasteiger partial charge in [0.15, 0.2) is 0 Å². The summed E-state index contributed by atoms with van der Waals surface area (Å²) < 4.78 is 0. The SMILES string of the molecule is Cc1ccnc(C(=O)NCC(C)(C)N)c1. The van der Waals surface area contributed by atoms with Crippen LogP contribution in [-0.4, -0.2) is 23.0 Å². The maximum absolute atomic E-state index is 11.6. The topological polar surface area (TPSA) is 68.0 Å². The van der Waals surface area contributed by atoms with Gasteiger partial charge >= 0.3 is 0 Å². The van der Waals surface area contributed by atoms with Crippen molar-refractivity contribution < 1.29 is 4.79 Å². The summed E-state index contributed by atoms with van der Waals surface area (Å²) >= 11 is 0. The first kappa shape index (κ1) is 11.7. The Balaban J connectivity index is 2.62. The van der Waals surface area contributed by atoms with Gasteiger partial charge in [-0.2, -0.15) is 0 Å². The van der Waals surface area contributed by atoms with Crippen molar-refractivity contribution in [1.82, 2.24) is 10.3 Å². The monoisotopic (exact) mass is 207 g/mol. The van der Waals surface area contributed by atoms with Gasteiger partial charge in [-0.05, 0) is 38.5 Å². The molecule has 4 heteroatoms. The van der Waals surface area contributed by atoms with E-state index in [-0.39, 0.29) is 5.91 Å². The number of aryl methyl sites for hydroxylation is 1. The van der Waals surface area contributed by atoms with Crippen LogP contribution in [-0.2, 0) is 0 Å². The van der Waals surface area contributed by atoms with Crippen LogP contribution in [0.3, 0.4) is 0 Å². The average Bonchev–Trinajstić information content (AvgIpc) is 2.13. The van der Waals surface area contributed by atoms with Crippen molar-refractivity contribution in [2.75, 3.05) is 6.54 Å². The zero-order valence-electron chi connectivity index (χ0n) is 9.37. The van der Waals surface area contributed by atoms with E-state index in [1.54, 1.807) is 12.3 Å². The van der Waals surface area contributed by atoms with Crippen LogP contribution in [0.15, 0.2) is 18.3 Å². The lowest BCUT2D eigenvalue weighted by molar-refractivity contribution is 0.0941. The molecule has 1 amide bonds.